The zero-order chi connectivity index (χ0) is 20.5. The maximum atomic E-state index is 13.1. The summed E-state index contributed by atoms with van der Waals surface area (Å²) >= 11 is 0. The van der Waals surface area contributed by atoms with Gasteiger partial charge in [0.25, 0.3) is 0 Å². The Morgan fingerprint density at radius 2 is 1.63 bits per heavy atom. The van der Waals surface area contributed by atoms with Crippen LogP contribution in [0.5, 0.6) is 0 Å². The Kier molecular flexibility index (Phi) is 5.58. The van der Waals surface area contributed by atoms with Gasteiger partial charge < -0.3 is 9.80 Å². The molecule has 1 saturated carbocycles. The molecule has 0 aromatic carbocycles. The number of aromatic nitrogens is 4. The van der Waals surface area contributed by atoms with Gasteiger partial charge in [0, 0.05) is 51.2 Å². The summed E-state index contributed by atoms with van der Waals surface area (Å²) in [5.41, 5.74) is 0.772. The zero-order valence-electron chi connectivity index (χ0n) is 18.0. The van der Waals surface area contributed by atoms with Gasteiger partial charge in [-0.1, -0.05) is 19.3 Å². The van der Waals surface area contributed by atoms with Gasteiger partial charge in [-0.2, -0.15) is 4.52 Å². The molecule has 0 bridgehead atoms. The van der Waals surface area contributed by atoms with E-state index in [1.54, 1.807) is 4.52 Å². The summed E-state index contributed by atoms with van der Waals surface area (Å²) in [4.78, 5) is 20.2. The number of piperazine rings is 1. The lowest BCUT2D eigenvalue weighted by Crippen LogP contribution is -2.54. The number of aryl methyl sites for hydroxylation is 1. The second-order valence-corrected chi connectivity index (χ2v) is 9.12. The molecule has 4 heterocycles. The standard InChI is InChI=1S/C22H33N7O/c1-17-23-24-20-7-8-21(25-29(17)20)27-11-9-18(10-12-27)22(30)28-15-13-26(14-16-28)19-5-3-2-4-6-19/h7-8,18-19H,2-6,9-16H2,1H3. The van der Waals surface area contributed by atoms with Crippen molar-refractivity contribution < 1.29 is 4.79 Å². The van der Waals surface area contributed by atoms with Gasteiger partial charge >= 0.3 is 0 Å². The van der Waals surface area contributed by atoms with Gasteiger partial charge in [0.1, 0.15) is 5.82 Å². The number of carbonyl (C=O) groups excluding carboxylic acids is 1. The third-order valence-corrected chi connectivity index (χ3v) is 7.29. The van der Waals surface area contributed by atoms with E-state index in [-0.39, 0.29) is 5.92 Å². The summed E-state index contributed by atoms with van der Waals surface area (Å²) in [5, 5.41) is 12.9. The molecule has 2 aromatic heterocycles. The number of hydrogen-bond donors (Lipinski definition) is 0. The molecular formula is C22H33N7O. The molecule has 0 spiro atoms. The molecule has 1 amide bonds. The van der Waals surface area contributed by atoms with Gasteiger partial charge in [0.2, 0.25) is 5.91 Å². The van der Waals surface area contributed by atoms with Crippen LogP contribution in [0.15, 0.2) is 12.1 Å². The van der Waals surface area contributed by atoms with Crippen molar-refractivity contribution in [2.75, 3.05) is 44.2 Å². The second kappa shape index (κ2) is 8.49. The maximum absolute atomic E-state index is 13.1. The van der Waals surface area contributed by atoms with Gasteiger partial charge in [-0.3, -0.25) is 9.69 Å². The smallest absolute Gasteiger partial charge is 0.225 e. The predicted molar refractivity (Wildman–Crippen MR) is 115 cm³/mol. The molecule has 2 aromatic rings. The summed E-state index contributed by atoms with van der Waals surface area (Å²) < 4.78 is 1.79. The summed E-state index contributed by atoms with van der Waals surface area (Å²) in [6, 6.07) is 4.74. The van der Waals surface area contributed by atoms with Crippen molar-refractivity contribution >= 4 is 17.4 Å². The lowest BCUT2D eigenvalue weighted by atomic mass is 9.93. The molecule has 0 atom stereocenters. The second-order valence-electron chi connectivity index (χ2n) is 9.12. The lowest BCUT2D eigenvalue weighted by Gasteiger charge is -2.42. The summed E-state index contributed by atoms with van der Waals surface area (Å²) in [7, 11) is 0. The number of anilines is 1. The molecule has 2 aliphatic heterocycles. The zero-order valence-corrected chi connectivity index (χ0v) is 18.0. The van der Waals surface area contributed by atoms with Crippen LogP contribution in [0.3, 0.4) is 0 Å². The average molecular weight is 412 g/mol. The fraction of sp³-hybridized carbons (Fsp3) is 0.727. The van der Waals surface area contributed by atoms with Gasteiger partial charge in [0.05, 0.1) is 0 Å². The molecule has 3 aliphatic rings. The van der Waals surface area contributed by atoms with Gasteiger partial charge in [0.15, 0.2) is 11.5 Å². The SMILES string of the molecule is Cc1nnc2ccc(N3CCC(C(=O)N4CCN(C5CCCCC5)CC4)CC3)nn12. The first-order valence-corrected chi connectivity index (χ1v) is 11.7. The Labute approximate surface area is 178 Å². The number of piperidine rings is 1. The highest BCUT2D eigenvalue weighted by atomic mass is 16.2. The van der Waals surface area contributed by atoms with Crippen LogP contribution in [0.1, 0.15) is 50.8 Å². The van der Waals surface area contributed by atoms with Crippen LogP contribution in [-0.2, 0) is 4.79 Å². The van der Waals surface area contributed by atoms with E-state index in [1.165, 1.54) is 32.1 Å². The van der Waals surface area contributed by atoms with Crippen molar-refractivity contribution in [2.24, 2.45) is 5.92 Å². The Bertz CT molecular complexity index is 875. The monoisotopic (exact) mass is 411 g/mol. The number of fused-ring (bicyclic) bond motifs is 1. The fourth-order valence-corrected chi connectivity index (χ4v) is 5.42. The molecule has 162 valence electrons. The summed E-state index contributed by atoms with van der Waals surface area (Å²) in [6.45, 7) is 7.57. The fourth-order valence-electron chi connectivity index (χ4n) is 5.42. The molecule has 8 nitrogen and oxygen atoms in total. The maximum Gasteiger partial charge on any atom is 0.225 e. The van der Waals surface area contributed by atoms with Crippen LogP contribution in [0, 0.1) is 12.8 Å². The predicted octanol–water partition coefficient (Wildman–Crippen LogP) is 2.13. The van der Waals surface area contributed by atoms with E-state index >= 15 is 0 Å². The van der Waals surface area contributed by atoms with Crippen LogP contribution in [0.4, 0.5) is 5.82 Å². The largest absolute Gasteiger partial charge is 0.355 e. The topological polar surface area (TPSA) is 69.9 Å². The van der Waals surface area contributed by atoms with E-state index in [1.807, 2.05) is 19.1 Å². The van der Waals surface area contributed by atoms with E-state index in [9.17, 15) is 4.79 Å². The van der Waals surface area contributed by atoms with Crippen molar-refractivity contribution in [1.82, 2.24) is 29.6 Å². The average Bonchev–Trinajstić information content (AvgIpc) is 3.19. The lowest BCUT2D eigenvalue weighted by molar-refractivity contribution is -0.138. The Balaban J connectivity index is 1.13. The molecule has 0 radical (unpaired) electrons. The molecule has 0 N–H and O–H groups in total. The van der Waals surface area contributed by atoms with E-state index in [2.05, 4.69) is 30.0 Å². The van der Waals surface area contributed by atoms with Crippen LogP contribution >= 0.6 is 0 Å². The van der Waals surface area contributed by atoms with Gasteiger partial charge in [-0.05, 0) is 44.7 Å². The van der Waals surface area contributed by atoms with Crippen molar-refractivity contribution in [3.8, 4) is 0 Å². The minimum atomic E-state index is 0.155. The molecule has 2 saturated heterocycles. The third-order valence-electron chi connectivity index (χ3n) is 7.29. The normalized spacial score (nSPS) is 22.7. The number of amides is 1. The van der Waals surface area contributed by atoms with Crippen LogP contribution in [-0.4, -0.2) is 80.8 Å². The molecule has 0 unspecified atom stereocenters. The Morgan fingerprint density at radius 3 is 2.37 bits per heavy atom. The Morgan fingerprint density at radius 1 is 0.900 bits per heavy atom. The first-order valence-electron chi connectivity index (χ1n) is 11.7. The van der Waals surface area contributed by atoms with E-state index < -0.39 is 0 Å². The molecule has 8 heteroatoms. The van der Waals surface area contributed by atoms with Crippen LogP contribution in [0.2, 0.25) is 0 Å². The highest BCUT2D eigenvalue weighted by Gasteiger charge is 2.32. The van der Waals surface area contributed by atoms with Crippen LogP contribution < -0.4 is 4.90 Å². The van der Waals surface area contributed by atoms with Crippen molar-refractivity contribution in [2.45, 2.75) is 57.9 Å². The molecule has 1 aliphatic carbocycles. The van der Waals surface area contributed by atoms with Crippen LogP contribution in [0.25, 0.3) is 5.65 Å². The van der Waals surface area contributed by atoms with Crippen molar-refractivity contribution in [3.05, 3.63) is 18.0 Å². The first-order chi connectivity index (χ1) is 14.7. The quantitative estimate of drug-likeness (QED) is 0.771. The summed E-state index contributed by atoms with van der Waals surface area (Å²) in [6.07, 6.45) is 8.66. The molecule has 5 rings (SSSR count). The first kappa shape index (κ1) is 19.7. The highest BCUT2D eigenvalue weighted by Crippen LogP contribution is 2.26. The van der Waals surface area contributed by atoms with E-state index in [4.69, 9.17) is 0 Å². The molecule has 30 heavy (non-hydrogen) atoms. The summed E-state index contributed by atoms with van der Waals surface area (Å²) in [5.74, 6) is 2.26. The Hall–Kier alpha value is -2.22. The number of hydrogen-bond acceptors (Lipinski definition) is 6. The highest BCUT2D eigenvalue weighted by molar-refractivity contribution is 5.79. The van der Waals surface area contributed by atoms with E-state index in [0.29, 0.717) is 5.91 Å². The number of nitrogens with zero attached hydrogens (tertiary/aromatic N) is 7. The number of carbonyl (C=O) groups is 1. The molecular weight excluding hydrogens is 378 g/mol. The van der Waals surface area contributed by atoms with Crippen molar-refractivity contribution in [1.29, 1.82) is 0 Å². The third kappa shape index (κ3) is 3.89. The molecule has 3 fully saturated rings. The minimum Gasteiger partial charge on any atom is -0.355 e. The van der Waals surface area contributed by atoms with Crippen molar-refractivity contribution in [3.63, 3.8) is 0 Å². The van der Waals surface area contributed by atoms with Gasteiger partial charge in [-0.15, -0.1) is 15.3 Å². The number of rotatable bonds is 3. The minimum absolute atomic E-state index is 0.155. The van der Waals surface area contributed by atoms with Gasteiger partial charge in [-0.25, -0.2) is 0 Å². The van der Waals surface area contributed by atoms with E-state index in [0.717, 1.165) is 75.4 Å².